The molecule has 0 saturated heterocycles. The molecule has 1 aromatic heterocycles. The number of alkyl halides is 3. The Bertz CT molecular complexity index is 712. The Hall–Kier alpha value is -2.10. The van der Waals surface area contributed by atoms with E-state index in [1.54, 1.807) is 0 Å². The standard InChI is InChI=1S/C15H18F3N2O6P/c1-8(2)26-14(23)12(4-15(16,17)18)20-27(24)25-7-10-5-19-9(3)13(22)11(10)6-21/h5-6,8,12H,4,7H2,1-3H3,(H-,20,21,22,24)/p+1. The van der Waals surface area contributed by atoms with Crippen molar-refractivity contribution in [3.63, 3.8) is 0 Å². The first-order valence-corrected chi connectivity index (χ1v) is 8.88. The van der Waals surface area contributed by atoms with Crippen molar-refractivity contribution < 1.29 is 41.7 Å². The predicted octanol–water partition coefficient (Wildman–Crippen LogP) is 2.94. The van der Waals surface area contributed by atoms with Crippen molar-refractivity contribution in [2.24, 2.45) is 0 Å². The fourth-order valence-corrected chi connectivity index (χ4v) is 2.70. The minimum absolute atomic E-state index is 0.0791. The largest absolute Gasteiger partial charge is 0.614 e. The molecule has 0 saturated carbocycles. The molecule has 0 aliphatic rings. The Morgan fingerprint density at radius 2 is 2.07 bits per heavy atom. The van der Waals surface area contributed by atoms with E-state index in [0.29, 0.717) is 6.29 Å². The van der Waals surface area contributed by atoms with Crippen LogP contribution in [0.3, 0.4) is 0 Å². The number of carbonyl (C=O) groups excluding carboxylic acids is 2. The van der Waals surface area contributed by atoms with E-state index >= 15 is 0 Å². The number of aromatic hydroxyl groups is 1. The van der Waals surface area contributed by atoms with Crippen LogP contribution in [0.4, 0.5) is 13.2 Å². The lowest BCUT2D eigenvalue weighted by Crippen LogP contribution is -2.39. The van der Waals surface area contributed by atoms with Crippen molar-refractivity contribution in [2.45, 2.75) is 52.1 Å². The Kier molecular flexibility index (Phi) is 8.26. The van der Waals surface area contributed by atoms with E-state index in [4.69, 9.17) is 9.26 Å². The van der Waals surface area contributed by atoms with Crippen LogP contribution in [0, 0.1) is 6.92 Å². The number of hydrogen-bond acceptors (Lipinski definition) is 7. The van der Waals surface area contributed by atoms with E-state index in [-0.39, 0.29) is 22.6 Å². The summed E-state index contributed by atoms with van der Waals surface area (Å²) in [6, 6.07) is -1.92. The highest BCUT2D eigenvalue weighted by atomic mass is 31.1. The first-order valence-electron chi connectivity index (χ1n) is 7.70. The quantitative estimate of drug-likeness (QED) is 0.362. The summed E-state index contributed by atoms with van der Waals surface area (Å²) in [6.45, 7) is 3.87. The van der Waals surface area contributed by atoms with Crippen molar-refractivity contribution >= 4 is 20.4 Å². The number of esters is 1. The molecule has 0 bridgehead atoms. The highest BCUT2D eigenvalue weighted by Crippen LogP contribution is 2.29. The van der Waals surface area contributed by atoms with Gasteiger partial charge in [0.25, 0.3) is 0 Å². The molecule has 2 N–H and O–H groups in total. The van der Waals surface area contributed by atoms with Gasteiger partial charge in [-0.15, -0.1) is 4.52 Å². The smallest absolute Gasteiger partial charge is 0.505 e. The maximum absolute atomic E-state index is 12.6. The number of hydrogen-bond donors (Lipinski definition) is 2. The van der Waals surface area contributed by atoms with E-state index in [0.717, 1.165) is 0 Å². The van der Waals surface area contributed by atoms with E-state index in [1.165, 1.54) is 27.0 Å². The third-order valence-corrected chi connectivity index (χ3v) is 4.03. The summed E-state index contributed by atoms with van der Waals surface area (Å²) in [5.41, 5.74) is 0.123. The van der Waals surface area contributed by atoms with Gasteiger partial charge in [-0.3, -0.25) is 14.6 Å². The zero-order chi connectivity index (χ0) is 20.8. The van der Waals surface area contributed by atoms with Crippen LogP contribution in [0.2, 0.25) is 0 Å². The van der Waals surface area contributed by atoms with Gasteiger partial charge in [-0.05, 0) is 25.3 Å². The number of nitrogens with one attached hydrogen (secondary N) is 1. The zero-order valence-corrected chi connectivity index (χ0v) is 15.6. The van der Waals surface area contributed by atoms with E-state index in [9.17, 15) is 32.4 Å². The van der Waals surface area contributed by atoms with Gasteiger partial charge in [0, 0.05) is 11.8 Å². The van der Waals surface area contributed by atoms with Crippen LogP contribution in [0.25, 0.3) is 0 Å². The molecule has 0 aliphatic carbocycles. The van der Waals surface area contributed by atoms with Crippen molar-refractivity contribution in [1.29, 1.82) is 0 Å². The van der Waals surface area contributed by atoms with Gasteiger partial charge in [-0.25, -0.2) is 0 Å². The topological polar surface area (TPSA) is 115 Å². The minimum Gasteiger partial charge on any atom is -0.505 e. The summed E-state index contributed by atoms with van der Waals surface area (Å²) in [5.74, 6) is -1.61. The molecule has 2 unspecified atom stereocenters. The summed E-state index contributed by atoms with van der Waals surface area (Å²) in [7, 11) is -2.91. The lowest BCUT2D eigenvalue weighted by molar-refractivity contribution is -0.164. The average molecular weight is 411 g/mol. The third kappa shape index (κ3) is 7.58. The SMILES string of the molecule is Cc1ncc(CO[P+](=O)NC(CC(F)(F)F)C(=O)OC(C)C)c(C=O)c1O. The molecule has 0 radical (unpaired) electrons. The lowest BCUT2D eigenvalue weighted by atomic mass is 10.1. The van der Waals surface area contributed by atoms with Crippen LogP contribution in [-0.4, -0.2) is 40.7 Å². The highest BCUT2D eigenvalue weighted by Gasteiger charge is 2.41. The zero-order valence-electron chi connectivity index (χ0n) is 14.7. The summed E-state index contributed by atoms with van der Waals surface area (Å²) in [6.07, 6.45) is -5.43. The monoisotopic (exact) mass is 411 g/mol. The maximum atomic E-state index is 12.6. The Morgan fingerprint density at radius 3 is 2.59 bits per heavy atom. The molecule has 8 nitrogen and oxygen atoms in total. The summed E-state index contributed by atoms with van der Waals surface area (Å²) >= 11 is 0. The molecule has 1 heterocycles. The molecule has 0 aromatic carbocycles. The number of ether oxygens (including phenoxy) is 1. The second-order valence-electron chi connectivity index (χ2n) is 5.77. The van der Waals surface area contributed by atoms with Crippen LogP contribution in [0.15, 0.2) is 6.20 Å². The van der Waals surface area contributed by atoms with Gasteiger partial charge in [0.1, 0.15) is 12.4 Å². The van der Waals surface area contributed by atoms with Crippen LogP contribution in [0.5, 0.6) is 5.75 Å². The number of carbonyl (C=O) groups is 2. The fraction of sp³-hybridized carbons (Fsp3) is 0.533. The first-order chi connectivity index (χ1) is 12.4. The molecule has 27 heavy (non-hydrogen) atoms. The molecule has 150 valence electrons. The number of rotatable bonds is 9. The third-order valence-electron chi connectivity index (χ3n) is 3.15. The van der Waals surface area contributed by atoms with Crippen LogP contribution in [-0.2, 0) is 25.2 Å². The van der Waals surface area contributed by atoms with Crippen LogP contribution < -0.4 is 5.09 Å². The van der Waals surface area contributed by atoms with Crippen molar-refractivity contribution in [1.82, 2.24) is 10.1 Å². The second-order valence-corrected chi connectivity index (χ2v) is 6.80. The van der Waals surface area contributed by atoms with Gasteiger partial charge >= 0.3 is 20.3 Å². The molecule has 1 rings (SSSR count). The second kappa shape index (κ2) is 9.72. The van der Waals surface area contributed by atoms with E-state index in [2.05, 4.69) is 4.98 Å². The molecule has 2 atom stereocenters. The van der Waals surface area contributed by atoms with Crippen LogP contribution >= 0.6 is 8.18 Å². The normalized spacial score (nSPS) is 13.4. The molecule has 0 spiro atoms. The minimum atomic E-state index is -4.71. The molecule has 1 aromatic rings. The van der Waals surface area contributed by atoms with Gasteiger partial charge in [-0.2, -0.15) is 13.2 Å². The molecule has 0 aliphatic heterocycles. The molecule has 12 heteroatoms. The Labute approximate surface area is 154 Å². The van der Waals surface area contributed by atoms with E-state index in [1.807, 2.05) is 5.09 Å². The number of halogens is 3. The van der Waals surface area contributed by atoms with Crippen molar-refractivity contribution in [3.8, 4) is 5.75 Å². The Balaban J connectivity index is 2.81. The molecular weight excluding hydrogens is 392 g/mol. The number of aromatic nitrogens is 1. The summed E-state index contributed by atoms with van der Waals surface area (Å²) in [5, 5.41) is 11.7. The van der Waals surface area contributed by atoms with Crippen molar-refractivity contribution in [2.75, 3.05) is 0 Å². The summed E-state index contributed by atoms with van der Waals surface area (Å²) in [4.78, 5) is 26.6. The first kappa shape index (κ1) is 22.9. The lowest BCUT2D eigenvalue weighted by Gasteiger charge is -2.15. The van der Waals surface area contributed by atoms with E-state index < -0.39 is 45.5 Å². The number of nitrogens with zero attached hydrogens (tertiary/aromatic N) is 1. The molecule has 0 fully saturated rings. The molecular formula is C15H19F3N2O6P+. The highest BCUT2D eigenvalue weighted by molar-refractivity contribution is 7.36. The number of pyridine rings is 1. The van der Waals surface area contributed by atoms with Gasteiger partial charge in [0.2, 0.25) is 0 Å². The van der Waals surface area contributed by atoms with Gasteiger partial charge < -0.3 is 9.84 Å². The Morgan fingerprint density at radius 1 is 1.44 bits per heavy atom. The fourth-order valence-electron chi connectivity index (χ4n) is 1.92. The van der Waals surface area contributed by atoms with Gasteiger partial charge in [0.05, 0.1) is 23.8 Å². The summed E-state index contributed by atoms with van der Waals surface area (Å²) < 4.78 is 59.4. The van der Waals surface area contributed by atoms with Crippen molar-refractivity contribution in [3.05, 3.63) is 23.0 Å². The number of aryl methyl sites for hydroxylation is 1. The maximum Gasteiger partial charge on any atom is 0.614 e. The van der Waals surface area contributed by atoms with Crippen LogP contribution in [0.1, 0.15) is 41.9 Å². The van der Waals surface area contributed by atoms with Gasteiger partial charge in [-0.1, -0.05) is 5.09 Å². The predicted molar refractivity (Wildman–Crippen MR) is 87.2 cm³/mol. The van der Waals surface area contributed by atoms with Gasteiger partial charge in [0.15, 0.2) is 12.3 Å². The average Bonchev–Trinajstić information content (AvgIpc) is 2.53. The molecule has 0 amide bonds. The number of aldehydes is 1.